The fourth-order valence-corrected chi connectivity index (χ4v) is 1.61. The van der Waals surface area contributed by atoms with E-state index in [1.165, 1.54) is 5.56 Å². The molecule has 4 heteroatoms. The second-order valence-electron chi connectivity index (χ2n) is 4.25. The maximum Gasteiger partial charge on any atom is 0.225 e. The van der Waals surface area contributed by atoms with Gasteiger partial charge in [0.1, 0.15) is 11.5 Å². The number of aromatic nitrogens is 1. The molecule has 0 radical (unpaired) electrons. The van der Waals surface area contributed by atoms with Crippen LogP contribution >= 0.6 is 0 Å². The first-order valence-corrected chi connectivity index (χ1v) is 6.07. The highest BCUT2D eigenvalue weighted by atomic mass is 16.5. The number of rotatable bonds is 4. The predicted molar refractivity (Wildman–Crippen MR) is 73.3 cm³/mol. The number of hydrogen-bond acceptors (Lipinski definition) is 3. The fraction of sp³-hybridized carbons (Fsp3) is 0.200. The molecular weight excluding hydrogens is 240 g/mol. The van der Waals surface area contributed by atoms with Gasteiger partial charge < -0.3 is 10.1 Å². The van der Waals surface area contributed by atoms with Crippen LogP contribution in [0.3, 0.4) is 0 Å². The van der Waals surface area contributed by atoms with E-state index >= 15 is 0 Å². The summed E-state index contributed by atoms with van der Waals surface area (Å²) in [4.78, 5) is 15.4. The topological polar surface area (TPSA) is 51.2 Å². The monoisotopic (exact) mass is 256 g/mol. The van der Waals surface area contributed by atoms with Gasteiger partial charge >= 0.3 is 0 Å². The number of benzene rings is 1. The Labute approximate surface area is 112 Å². The molecule has 0 aliphatic heterocycles. The zero-order valence-corrected chi connectivity index (χ0v) is 11.0. The summed E-state index contributed by atoms with van der Waals surface area (Å²) in [7, 11) is 1.61. The summed E-state index contributed by atoms with van der Waals surface area (Å²) < 4.78 is 5.72. The second-order valence-corrected chi connectivity index (χ2v) is 4.25. The molecule has 19 heavy (non-hydrogen) atoms. The van der Waals surface area contributed by atoms with E-state index in [0.29, 0.717) is 11.4 Å². The number of ether oxygens (including phenoxy) is 1. The van der Waals surface area contributed by atoms with Crippen molar-refractivity contribution in [1.82, 2.24) is 10.3 Å². The van der Waals surface area contributed by atoms with Crippen LogP contribution in [0.25, 0.3) is 0 Å². The predicted octanol–water partition coefficient (Wildman–Crippen LogP) is 2.47. The van der Waals surface area contributed by atoms with Crippen LogP contribution in [0.15, 0.2) is 42.6 Å². The normalized spacial score (nSPS) is 10.0. The number of nitrogens with one attached hydrogen (secondary N) is 1. The number of likely N-dealkylation sites (N-methyl/N-ethyl adjacent to an activating group) is 1. The molecule has 1 N–H and O–H groups in total. The lowest BCUT2D eigenvalue weighted by atomic mass is 10.2. The molecule has 1 heterocycles. The van der Waals surface area contributed by atoms with Gasteiger partial charge in [-0.1, -0.05) is 17.7 Å². The van der Waals surface area contributed by atoms with Crippen molar-refractivity contribution in [3.63, 3.8) is 0 Å². The van der Waals surface area contributed by atoms with E-state index in [1.807, 2.05) is 31.2 Å². The average molecular weight is 256 g/mol. The third kappa shape index (κ3) is 3.81. The summed E-state index contributed by atoms with van der Waals surface area (Å²) in [5, 5.41) is 2.57. The minimum atomic E-state index is -0.0695. The Morgan fingerprint density at radius 3 is 2.63 bits per heavy atom. The molecule has 2 rings (SSSR count). The molecule has 0 spiro atoms. The SMILES string of the molecule is CNC(=O)Cc1cc(Oc2ccc(C)cc2)ccn1. The maximum atomic E-state index is 11.3. The Morgan fingerprint density at radius 2 is 1.95 bits per heavy atom. The Balaban J connectivity index is 2.10. The summed E-state index contributed by atoms with van der Waals surface area (Å²) in [6.07, 6.45) is 1.89. The van der Waals surface area contributed by atoms with Crippen LogP contribution in [0.4, 0.5) is 0 Å². The molecule has 0 aliphatic carbocycles. The number of pyridine rings is 1. The molecule has 0 bridgehead atoms. The summed E-state index contributed by atoms with van der Waals surface area (Å²) >= 11 is 0. The average Bonchev–Trinajstić information content (AvgIpc) is 2.42. The molecule has 0 aliphatic rings. The second kappa shape index (κ2) is 6.00. The standard InChI is InChI=1S/C15H16N2O2/c1-11-3-5-13(6-4-11)19-14-7-8-17-12(9-14)10-15(18)16-2/h3-9H,10H2,1-2H3,(H,16,18). The van der Waals surface area contributed by atoms with Gasteiger partial charge in [-0.05, 0) is 25.1 Å². The zero-order valence-electron chi connectivity index (χ0n) is 11.0. The van der Waals surface area contributed by atoms with Crippen LogP contribution in [0, 0.1) is 6.92 Å². The minimum Gasteiger partial charge on any atom is -0.457 e. The Hall–Kier alpha value is -2.36. The largest absolute Gasteiger partial charge is 0.457 e. The first-order valence-electron chi connectivity index (χ1n) is 6.07. The van der Waals surface area contributed by atoms with E-state index in [-0.39, 0.29) is 12.3 Å². The van der Waals surface area contributed by atoms with E-state index in [2.05, 4.69) is 10.3 Å². The minimum absolute atomic E-state index is 0.0695. The van der Waals surface area contributed by atoms with Crippen LogP contribution in [-0.4, -0.2) is 17.9 Å². The first-order chi connectivity index (χ1) is 9.17. The van der Waals surface area contributed by atoms with Gasteiger partial charge in [0.15, 0.2) is 0 Å². The number of carbonyl (C=O) groups excluding carboxylic acids is 1. The summed E-state index contributed by atoms with van der Waals surface area (Å²) in [6.45, 7) is 2.03. The Morgan fingerprint density at radius 1 is 1.21 bits per heavy atom. The summed E-state index contributed by atoms with van der Waals surface area (Å²) in [5.74, 6) is 1.38. The lowest BCUT2D eigenvalue weighted by Gasteiger charge is -2.07. The lowest BCUT2D eigenvalue weighted by Crippen LogP contribution is -2.20. The number of aryl methyl sites for hydroxylation is 1. The van der Waals surface area contributed by atoms with E-state index in [4.69, 9.17) is 4.74 Å². The van der Waals surface area contributed by atoms with Gasteiger partial charge in [0.2, 0.25) is 5.91 Å². The van der Waals surface area contributed by atoms with Gasteiger partial charge in [-0.2, -0.15) is 0 Å². The molecule has 0 saturated heterocycles. The number of amides is 1. The van der Waals surface area contributed by atoms with Gasteiger partial charge in [0, 0.05) is 19.3 Å². The number of nitrogens with zero attached hydrogens (tertiary/aromatic N) is 1. The zero-order chi connectivity index (χ0) is 13.7. The molecule has 98 valence electrons. The summed E-state index contributed by atoms with van der Waals surface area (Å²) in [5.41, 5.74) is 1.87. The van der Waals surface area contributed by atoms with Crippen LogP contribution in [-0.2, 0) is 11.2 Å². The third-order valence-electron chi connectivity index (χ3n) is 2.67. The molecule has 0 atom stereocenters. The Bertz CT molecular complexity index is 565. The van der Waals surface area contributed by atoms with Crippen molar-refractivity contribution in [1.29, 1.82) is 0 Å². The molecule has 0 saturated carbocycles. The van der Waals surface area contributed by atoms with Crippen molar-refractivity contribution in [2.45, 2.75) is 13.3 Å². The molecule has 1 aromatic carbocycles. The molecule has 0 unspecified atom stereocenters. The highest BCUT2D eigenvalue weighted by molar-refractivity contribution is 5.77. The van der Waals surface area contributed by atoms with Crippen LogP contribution in [0.1, 0.15) is 11.3 Å². The smallest absolute Gasteiger partial charge is 0.225 e. The number of hydrogen-bond donors (Lipinski definition) is 1. The van der Waals surface area contributed by atoms with Crippen LogP contribution < -0.4 is 10.1 Å². The van der Waals surface area contributed by atoms with Crippen molar-refractivity contribution in [2.75, 3.05) is 7.05 Å². The first kappa shape index (κ1) is 13.1. The molecule has 1 amide bonds. The van der Waals surface area contributed by atoms with E-state index < -0.39 is 0 Å². The quantitative estimate of drug-likeness (QED) is 0.914. The van der Waals surface area contributed by atoms with Crippen molar-refractivity contribution >= 4 is 5.91 Å². The Kier molecular flexibility index (Phi) is 4.13. The van der Waals surface area contributed by atoms with Crippen molar-refractivity contribution in [3.05, 3.63) is 53.9 Å². The van der Waals surface area contributed by atoms with Crippen molar-refractivity contribution < 1.29 is 9.53 Å². The van der Waals surface area contributed by atoms with E-state index in [1.54, 1.807) is 25.4 Å². The molecule has 4 nitrogen and oxygen atoms in total. The van der Waals surface area contributed by atoms with Gasteiger partial charge in [0.25, 0.3) is 0 Å². The van der Waals surface area contributed by atoms with Gasteiger partial charge in [0.05, 0.1) is 12.1 Å². The van der Waals surface area contributed by atoms with Gasteiger partial charge in [-0.15, -0.1) is 0 Å². The number of carbonyl (C=O) groups is 1. The van der Waals surface area contributed by atoms with Crippen molar-refractivity contribution in [2.24, 2.45) is 0 Å². The molecule has 2 aromatic rings. The third-order valence-corrected chi connectivity index (χ3v) is 2.67. The van der Waals surface area contributed by atoms with Crippen LogP contribution in [0.2, 0.25) is 0 Å². The van der Waals surface area contributed by atoms with Gasteiger partial charge in [-0.25, -0.2) is 0 Å². The molecule has 1 aromatic heterocycles. The highest BCUT2D eigenvalue weighted by Crippen LogP contribution is 2.21. The van der Waals surface area contributed by atoms with Crippen LogP contribution in [0.5, 0.6) is 11.5 Å². The molecule has 0 fully saturated rings. The van der Waals surface area contributed by atoms with Gasteiger partial charge in [-0.3, -0.25) is 9.78 Å². The molecular formula is C15H16N2O2. The maximum absolute atomic E-state index is 11.3. The van der Waals surface area contributed by atoms with E-state index in [0.717, 1.165) is 5.75 Å². The summed E-state index contributed by atoms with van der Waals surface area (Å²) in [6, 6.07) is 11.3. The van der Waals surface area contributed by atoms with E-state index in [9.17, 15) is 4.79 Å². The fourth-order valence-electron chi connectivity index (χ4n) is 1.61. The van der Waals surface area contributed by atoms with Crippen molar-refractivity contribution in [3.8, 4) is 11.5 Å². The highest BCUT2D eigenvalue weighted by Gasteiger charge is 2.04. The lowest BCUT2D eigenvalue weighted by molar-refractivity contribution is -0.120.